The zero-order valence-corrected chi connectivity index (χ0v) is 27.2. The predicted molar refractivity (Wildman–Crippen MR) is 173 cm³/mol. The number of alkyl halides is 2. The van der Waals surface area contributed by atoms with E-state index in [2.05, 4.69) is 16.0 Å². The van der Waals surface area contributed by atoms with E-state index < -0.39 is 29.7 Å². The summed E-state index contributed by atoms with van der Waals surface area (Å²) in [4.78, 5) is 38.5. The zero-order valence-electron chi connectivity index (χ0n) is 27.2. The molecule has 2 bridgehead atoms. The van der Waals surface area contributed by atoms with E-state index in [1.807, 2.05) is 40.8 Å². The van der Waals surface area contributed by atoms with Crippen LogP contribution < -0.4 is 15.8 Å². The van der Waals surface area contributed by atoms with E-state index in [1.165, 1.54) is 6.92 Å². The summed E-state index contributed by atoms with van der Waals surface area (Å²) in [6, 6.07) is 9.19. The van der Waals surface area contributed by atoms with Gasteiger partial charge < -0.3 is 29.8 Å². The maximum atomic E-state index is 13.9. The number of imidazole rings is 1. The first kappa shape index (κ1) is 30.3. The molecular formula is C35H41F2N7O3. The number of amides is 2. The van der Waals surface area contributed by atoms with Crippen LogP contribution in [0.3, 0.4) is 0 Å². The average molecular weight is 646 g/mol. The van der Waals surface area contributed by atoms with E-state index >= 15 is 0 Å². The molecule has 5 atom stereocenters. The van der Waals surface area contributed by atoms with Crippen molar-refractivity contribution in [3.05, 3.63) is 41.6 Å². The molecule has 12 heteroatoms. The molecule has 4 fully saturated rings. The molecule has 248 valence electrons. The molecule has 3 saturated carbocycles. The Bertz CT molecular complexity index is 1950. The number of hydrogen-bond donors (Lipinski definition) is 2. The second-order valence-electron chi connectivity index (χ2n) is 14.5. The molecule has 3 aliphatic carbocycles. The van der Waals surface area contributed by atoms with Crippen molar-refractivity contribution < 1.29 is 23.1 Å². The minimum atomic E-state index is -2.98. The fraction of sp³-hybridized carbons (Fsp3) is 0.543. The standard InChI is InChI=1S/C35H41F2N7O3/c1-18(39-33(46)34(2)17-35(34,36)37)25-10-8-21-13-27(44(30(21)40-25)15-19-5-6-19)31-41-26-12-22(14-28(47-4)29(26)42(31)3)32(45)43-16-24(38)20-7-9-23(43)11-20/h8,10,12-14,18-20,23-24H,5-7,9,11,15-17,38H2,1-4H3,(H,39,46)/t18-,20-,23+,24+,34-/m1/s1. The maximum absolute atomic E-state index is 13.9. The maximum Gasteiger partial charge on any atom is 0.263 e. The lowest BCUT2D eigenvalue weighted by Crippen LogP contribution is -2.51. The number of nitrogens with one attached hydrogen (secondary N) is 1. The molecule has 4 aromatic rings. The Morgan fingerprint density at radius 3 is 2.62 bits per heavy atom. The third-order valence-electron chi connectivity index (χ3n) is 11.2. The van der Waals surface area contributed by atoms with Crippen molar-refractivity contribution in [1.82, 2.24) is 29.3 Å². The summed E-state index contributed by atoms with van der Waals surface area (Å²) < 4.78 is 37.7. The highest BCUT2D eigenvalue weighted by Crippen LogP contribution is 2.60. The molecule has 4 aliphatic rings. The summed E-state index contributed by atoms with van der Waals surface area (Å²) in [6.07, 6.45) is 4.83. The highest BCUT2D eigenvalue weighted by molar-refractivity contribution is 6.00. The number of nitrogens with two attached hydrogens (primary N) is 1. The fourth-order valence-corrected chi connectivity index (χ4v) is 7.81. The van der Waals surface area contributed by atoms with Gasteiger partial charge in [0.05, 0.1) is 30.1 Å². The molecule has 0 unspecified atom stereocenters. The van der Waals surface area contributed by atoms with Gasteiger partial charge in [0.15, 0.2) is 5.82 Å². The Morgan fingerprint density at radius 1 is 1.15 bits per heavy atom. The minimum absolute atomic E-state index is 0.00206. The van der Waals surface area contributed by atoms with E-state index in [9.17, 15) is 18.4 Å². The molecule has 1 aromatic carbocycles. The third kappa shape index (κ3) is 4.81. The van der Waals surface area contributed by atoms with Crippen molar-refractivity contribution in [2.45, 2.75) is 83.0 Å². The number of rotatable bonds is 8. The lowest BCUT2D eigenvalue weighted by Gasteiger charge is -2.37. The normalized spacial score (nSPS) is 27.0. The van der Waals surface area contributed by atoms with Crippen LogP contribution in [0.1, 0.15) is 74.5 Å². The van der Waals surface area contributed by atoms with Crippen molar-refractivity contribution in [3.63, 3.8) is 0 Å². The van der Waals surface area contributed by atoms with Crippen LogP contribution in [0, 0.1) is 17.3 Å². The van der Waals surface area contributed by atoms with E-state index in [4.69, 9.17) is 20.4 Å². The Hall–Kier alpha value is -4.06. The monoisotopic (exact) mass is 645 g/mol. The zero-order chi connectivity index (χ0) is 33.0. The predicted octanol–water partition coefficient (Wildman–Crippen LogP) is 5.18. The lowest BCUT2D eigenvalue weighted by molar-refractivity contribution is -0.130. The van der Waals surface area contributed by atoms with Gasteiger partial charge >= 0.3 is 0 Å². The van der Waals surface area contributed by atoms with Gasteiger partial charge in [-0.1, -0.05) is 0 Å². The van der Waals surface area contributed by atoms with Gasteiger partial charge in [0.25, 0.3) is 11.8 Å². The van der Waals surface area contributed by atoms with Crippen LogP contribution in [0.25, 0.3) is 33.6 Å². The molecular weight excluding hydrogens is 604 g/mol. The molecule has 2 amide bonds. The topological polar surface area (TPSA) is 120 Å². The van der Waals surface area contributed by atoms with E-state index in [-0.39, 0.29) is 18.0 Å². The number of nitrogens with zero attached hydrogens (tertiary/aromatic N) is 5. The summed E-state index contributed by atoms with van der Waals surface area (Å²) >= 11 is 0. The van der Waals surface area contributed by atoms with Crippen LogP contribution in [0.5, 0.6) is 5.75 Å². The minimum Gasteiger partial charge on any atom is -0.494 e. The van der Waals surface area contributed by atoms with Crippen LogP contribution in [0.15, 0.2) is 30.3 Å². The Morgan fingerprint density at radius 2 is 1.91 bits per heavy atom. The summed E-state index contributed by atoms with van der Waals surface area (Å²) in [6.45, 7) is 4.38. The van der Waals surface area contributed by atoms with Gasteiger partial charge in [-0.05, 0) is 88.1 Å². The number of ether oxygens (including phenoxy) is 1. The first-order valence-corrected chi connectivity index (χ1v) is 16.7. The summed E-state index contributed by atoms with van der Waals surface area (Å²) in [5.74, 6) is -1.39. The lowest BCUT2D eigenvalue weighted by atomic mass is 9.94. The van der Waals surface area contributed by atoms with Gasteiger partial charge in [-0.25, -0.2) is 18.7 Å². The average Bonchev–Trinajstić information content (AvgIpc) is 3.77. The molecule has 4 heterocycles. The quantitative estimate of drug-likeness (QED) is 0.273. The molecule has 3 N–H and O–H groups in total. The van der Waals surface area contributed by atoms with Crippen LogP contribution in [-0.2, 0) is 18.4 Å². The van der Waals surface area contributed by atoms with E-state index in [0.717, 1.165) is 60.9 Å². The summed E-state index contributed by atoms with van der Waals surface area (Å²) in [5, 5.41) is 3.67. The van der Waals surface area contributed by atoms with E-state index in [1.54, 1.807) is 14.0 Å². The largest absolute Gasteiger partial charge is 0.494 e. The first-order valence-electron chi connectivity index (χ1n) is 16.7. The van der Waals surface area contributed by atoms with Crippen molar-refractivity contribution in [2.75, 3.05) is 13.7 Å². The van der Waals surface area contributed by atoms with Crippen LogP contribution in [-0.4, -0.2) is 67.5 Å². The number of fused-ring (bicyclic) bond motifs is 4. The second-order valence-corrected chi connectivity index (χ2v) is 14.5. The molecule has 3 aromatic heterocycles. The van der Waals surface area contributed by atoms with Crippen LogP contribution in [0.4, 0.5) is 8.78 Å². The van der Waals surface area contributed by atoms with Gasteiger partial charge in [0, 0.05) is 49.6 Å². The highest BCUT2D eigenvalue weighted by Gasteiger charge is 2.72. The second kappa shape index (κ2) is 10.5. The number of benzene rings is 1. The number of methoxy groups -OCH3 is 1. The van der Waals surface area contributed by atoms with Gasteiger partial charge in [0.2, 0.25) is 5.91 Å². The molecule has 0 radical (unpaired) electrons. The molecule has 10 nitrogen and oxygen atoms in total. The number of pyridine rings is 1. The van der Waals surface area contributed by atoms with Crippen LogP contribution >= 0.6 is 0 Å². The fourth-order valence-electron chi connectivity index (χ4n) is 7.81. The molecule has 1 aliphatic heterocycles. The number of carbonyl (C=O) groups excluding carboxylic acids is 2. The van der Waals surface area contributed by atoms with Crippen molar-refractivity contribution in [1.29, 1.82) is 0 Å². The molecule has 47 heavy (non-hydrogen) atoms. The summed E-state index contributed by atoms with van der Waals surface area (Å²) in [5.41, 5.74) is 8.97. The first-order chi connectivity index (χ1) is 22.4. The van der Waals surface area contributed by atoms with Gasteiger partial charge in [0.1, 0.15) is 22.3 Å². The highest BCUT2D eigenvalue weighted by atomic mass is 19.3. The molecule has 1 saturated heterocycles. The Balaban J connectivity index is 1.16. The number of aromatic nitrogens is 4. The van der Waals surface area contributed by atoms with Gasteiger partial charge in [-0.3, -0.25) is 9.59 Å². The Labute approximate surface area is 271 Å². The smallest absolute Gasteiger partial charge is 0.263 e. The van der Waals surface area contributed by atoms with Crippen molar-refractivity contribution in [2.24, 2.45) is 30.0 Å². The van der Waals surface area contributed by atoms with Crippen molar-refractivity contribution in [3.8, 4) is 17.3 Å². The SMILES string of the molecule is COc1cc(C(=O)N2C[C@H](N)[C@@H]3CC[C@H]2C3)cc2nc(-c3cc4ccc([C@@H](C)NC(=O)[C@@]5(C)CC5(F)F)nc4n3CC3CC3)n(C)c12. The van der Waals surface area contributed by atoms with Crippen molar-refractivity contribution >= 4 is 33.9 Å². The molecule has 8 rings (SSSR count). The number of hydrogen-bond acceptors (Lipinski definition) is 6. The summed E-state index contributed by atoms with van der Waals surface area (Å²) in [7, 11) is 3.55. The van der Waals surface area contributed by atoms with E-state index in [0.29, 0.717) is 46.7 Å². The number of carbonyl (C=O) groups is 2. The van der Waals surface area contributed by atoms with Gasteiger partial charge in [-0.2, -0.15) is 0 Å². The number of piperidine rings is 1. The molecule has 0 spiro atoms. The third-order valence-corrected chi connectivity index (χ3v) is 11.2. The number of aryl methyl sites for hydroxylation is 1. The number of halogens is 2. The van der Waals surface area contributed by atoms with Gasteiger partial charge in [-0.15, -0.1) is 0 Å². The van der Waals surface area contributed by atoms with Crippen LogP contribution in [0.2, 0.25) is 0 Å². The Kier molecular flexibility index (Phi) is 6.75. The number of likely N-dealkylation sites (tertiary alicyclic amines) is 1.